The van der Waals surface area contributed by atoms with Crippen LogP contribution in [0.15, 0.2) is 47.4 Å². The SMILES string of the molecule is O=C1/C(=C/c2ccccc2F)SC(=S)N1Cc1ccc2c(c1)OCO2. The summed E-state index contributed by atoms with van der Waals surface area (Å²) in [5, 5.41) is 0. The van der Waals surface area contributed by atoms with Gasteiger partial charge in [-0.3, -0.25) is 9.69 Å². The van der Waals surface area contributed by atoms with E-state index in [2.05, 4.69) is 0 Å². The Morgan fingerprint density at radius 2 is 2.00 bits per heavy atom. The van der Waals surface area contributed by atoms with Crippen LogP contribution >= 0.6 is 24.0 Å². The zero-order valence-electron chi connectivity index (χ0n) is 12.9. The van der Waals surface area contributed by atoms with Gasteiger partial charge in [0.1, 0.15) is 10.1 Å². The van der Waals surface area contributed by atoms with E-state index in [1.165, 1.54) is 28.8 Å². The number of carbonyl (C=O) groups is 1. The number of hydrogen-bond donors (Lipinski definition) is 0. The van der Waals surface area contributed by atoms with Crippen LogP contribution < -0.4 is 9.47 Å². The molecule has 0 atom stereocenters. The maximum absolute atomic E-state index is 13.8. The zero-order valence-corrected chi connectivity index (χ0v) is 14.5. The molecule has 7 heteroatoms. The largest absolute Gasteiger partial charge is 0.454 e. The summed E-state index contributed by atoms with van der Waals surface area (Å²) in [5.74, 6) is 0.748. The Morgan fingerprint density at radius 1 is 1.20 bits per heavy atom. The van der Waals surface area contributed by atoms with E-state index in [4.69, 9.17) is 21.7 Å². The molecule has 2 aromatic carbocycles. The van der Waals surface area contributed by atoms with Crippen LogP contribution in [0.4, 0.5) is 4.39 Å². The molecule has 1 amide bonds. The lowest BCUT2D eigenvalue weighted by molar-refractivity contribution is -0.122. The molecule has 2 aromatic rings. The highest BCUT2D eigenvalue weighted by Crippen LogP contribution is 2.36. The van der Waals surface area contributed by atoms with Gasteiger partial charge in [-0.2, -0.15) is 0 Å². The minimum absolute atomic E-state index is 0.200. The maximum Gasteiger partial charge on any atom is 0.266 e. The van der Waals surface area contributed by atoms with Crippen molar-refractivity contribution in [2.24, 2.45) is 0 Å². The van der Waals surface area contributed by atoms with Crippen LogP contribution in [0.3, 0.4) is 0 Å². The number of fused-ring (bicyclic) bond motifs is 1. The summed E-state index contributed by atoms with van der Waals surface area (Å²) in [6.07, 6.45) is 1.54. The highest BCUT2D eigenvalue weighted by atomic mass is 32.2. The molecule has 0 aromatic heterocycles. The third kappa shape index (κ3) is 3.12. The van der Waals surface area contributed by atoms with Crippen molar-refractivity contribution in [2.45, 2.75) is 6.54 Å². The lowest BCUT2D eigenvalue weighted by Gasteiger charge is -2.14. The predicted octanol–water partition coefficient (Wildman–Crippen LogP) is 3.96. The Labute approximate surface area is 153 Å². The molecule has 0 bridgehead atoms. The van der Waals surface area contributed by atoms with Gasteiger partial charge in [0.25, 0.3) is 5.91 Å². The van der Waals surface area contributed by atoms with Crippen molar-refractivity contribution < 1.29 is 18.7 Å². The molecule has 0 spiro atoms. The molecule has 0 unspecified atom stereocenters. The zero-order chi connectivity index (χ0) is 17.4. The van der Waals surface area contributed by atoms with Crippen molar-refractivity contribution >= 4 is 40.3 Å². The van der Waals surface area contributed by atoms with Gasteiger partial charge in [-0.25, -0.2) is 4.39 Å². The number of rotatable bonds is 3. The third-order valence-electron chi connectivity index (χ3n) is 3.84. The van der Waals surface area contributed by atoms with Crippen molar-refractivity contribution in [3.05, 3.63) is 64.3 Å². The van der Waals surface area contributed by atoms with Crippen LogP contribution in [0.1, 0.15) is 11.1 Å². The number of hydrogen-bond acceptors (Lipinski definition) is 5. The summed E-state index contributed by atoms with van der Waals surface area (Å²) in [7, 11) is 0. The van der Waals surface area contributed by atoms with Crippen molar-refractivity contribution in [2.75, 3.05) is 6.79 Å². The Morgan fingerprint density at radius 3 is 2.84 bits per heavy atom. The Bertz CT molecular complexity index is 913. The van der Waals surface area contributed by atoms with Crippen molar-refractivity contribution in [1.29, 1.82) is 0 Å². The molecule has 4 nitrogen and oxygen atoms in total. The first kappa shape index (κ1) is 16.1. The normalized spacial score (nSPS) is 17.6. The van der Waals surface area contributed by atoms with E-state index in [1.807, 2.05) is 18.2 Å². The number of amides is 1. The quantitative estimate of drug-likeness (QED) is 0.602. The average molecular weight is 373 g/mol. The minimum Gasteiger partial charge on any atom is -0.454 e. The molecule has 1 fully saturated rings. The number of benzene rings is 2. The molecule has 2 aliphatic rings. The van der Waals surface area contributed by atoms with E-state index in [0.717, 1.165) is 5.56 Å². The van der Waals surface area contributed by atoms with Crippen molar-refractivity contribution in [1.82, 2.24) is 4.90 Å². The summed E-state index contributed by atoms with van der Waals surface area (Å²) in [6.45, 7) is 0.529. The van der Waals surface area contributed by atoms with E-state index >= 15 is 0 Å². The molecule has 2 aliphatic heterocycles. The summed E-state index contributed by atoms with van der Waals surface area (Å²) in [5.41, 5.74) is 1.25. The van der Waals surface area contributed by atoms with Gasteiger partial charge in [-0.05, 0) is 29.8 Å². The monoisotopic (exact) mass is 373 g/mol. The van der Waals surface area contributed by atoms with Crippen molar-refractivity contribution in [3.8, 4) is 11.5 Å². The molecule has 4 rings (SSSR count). The molecule has 2 heterocycles. The summed E-state index contributed by atoms with van der Waals surface area (Å²) >= 11 is 6.50. The van der Waals surface area contributed by atoms with E-state index in [0.29, 0.717) is 32.8 Å². The number of thioether (sulfide) groups is 1. The molecule has 126 valence electrons. The first-order chi connectivity index (χ1) is 12.1. The fraction of sp³-hybridized carbons (Fsp3) is 0.111. The van der Waals surface area contributed by atoms with Gasteiger partial charge < -0.3 is 9.47 Å². The molecule has 1 saturated heterocycles. The standard InChI is InChI=1S/C18H12FNO3S2/c19-13-4-2-1-3-12(13)8-16-17(21)20(18(24)25-16)9-11-5-6-14-15(7-11)23-10-22-14/h1-8H,9-10H2/b16-8-. The number of nitrogens with zero attached hydrogens (tertiary/aromatic N) is 1. The fourth-order valence-corrected chi connectivity index (χ4v) is 3.84. The molecular weight excluding hydrogens is 361 g/mol. The van der Waals surface area contributed by atoms with E-state index in [9.17, 15) is 9.18 Å². The lowest BCUT2D eigenvalue weighted by Crippen LogP contribution is -2.27. The summed E-state index contributed by atoms with van der Waals surface area (Å²) < 4.78 is 24.9. The average Bonchev–Trinajstić information content (AvgIpc) is 3.17. The van der Waals surface area contributed by atoms with Crippen LogP contribution in [0.25, 0.3) is 6.08 Å². The van der Waals surface area contributed by atoms with Crippen LogP contribution in [-0.4, -0.2) is 21.9 Å². The second-order valence-electron chi connectivity index (χ2n) is 5.48. The highest BCUT2D eigenvalue weighted by Gasteiger charge is 2.32. The summed E-state index contributed by atoms with van der Waals surface area (Å²) in [6, 6.07) is 11.8. The van der Waals surface area contributed by atoms with Gasteiger partial charge in [-0.1, -0.05) is 48.2 Å². The number of carbonyl (C=O) groups excluding carboxylic acids is 1. The van der Waals surface area contributed by atoms with E-state index in [-0.39, 0.29) is 18.5 Å². The molecule has 0 N–H and O–H groups in total. The van der Waals surface area contributed by atoms with E-state index < -0.39 is 0 Å². The molecule has 0 aliphatic carbocycles. The van der Waals surface area contributed by atoms with Crippen LogP contribution in [0.5, 0.6) is 11.5 Å². The Balaban J connectivity index is 1.56. The number of ether oxygens (including phenoxy) is 2. The summed E-state index contributed by atoms with van der Waals surface area (Å²) in [4.78, 5) is 14.6. The smallest absolute Gasteiger partial charge is 0.266 e. The molecule has 25 heavy (non-hydrogen) atoms. The van der Waals surface area contributed by atoms with Gasteiger partial charge in [0.05, 0.1) is 11.4 Å². The van der Waals surface area contributed by atoms with Gasteiger partial charge in [0.2, 0.25) is 6.79 Å². The van der Waals surface area contributed by atoms with Gasteiger partial charge in [0, 0.05) is 5.56 Å². The second kappa shape index (κ2) is 6.50. The molecule has 0 radical (unpaired) electrons. The van der Waals surface area contributed by atoms with Crippen LogP contribution in [0, 0.1) is 5.82 Å². The van der Waals surface area contributed by atoms with Gasteiger partial charge in [-0.15, -0.1) is 0 Å². The molecule has 0 saturated carbocycles. The number of thiocarbonyl (C=S) groups is 1. The van der Waals surface area contributed by atoms with Gasteiger partial charge in [0.15, 0.2) is 11.5 Å². The van der Waals surface area contributed by atoms with Crippen LogP contribution in [0.2, 0.25) is 0 Å². The fourth-order valence-electron chi connectivity index (χ4n) is 2.59. The first-order valence-electron chi connectivity index (χ1n) is 7.50. The third-order valence-corrected chi connectivity index (χ3v) is 5.22. The Kier molecular flexibility index (Phi) is 4.19. The van der Waals surface area contributed by atoms with Crippen molar-refractivity contribution in [3.63, 3.8) is 0 Å². The van der Waals surface area contributed by atoms with E-state index in [1.54, 1.807) is 18.2 Å². The Hall–Kier alpha value is -2.38. The highest BCUT2D eigenvalue weighted by molar-refractivity contribution is 8.26. The maximum atomic E-state index is 13.8. The molecular formula is C18H12FNO3S2. The second-order valence-corrected chi connectivity index (χ2v) is 7.15. The number of halogens is 1. The van der Waals surface area contributed by atoms with Crippen LogP contribution in [-0.2, 0) is 11.3 Å². The predicted molar refractivity (Wildman–Crippen MR) is 97.7 cm³/mol. The van der Waals surface area contributed by atoms with Gasteiger partial charge >= 0.3 is 0 Å². The topological polar surface area (TPSA) is 38.8 Å². The lowest BCUT2D eigenvalue weighted by atomic mass is 10.1. The minimum atomic E-state index is -0.372. The first-order valence-corrected chi connectivity index (χ1v) is 8.73.